The summed E-state index contributed by atoms with van der Waals surface area (Å²) in [5.74, 6) is 0.301. The van der Waals surface area contributed by atoms with Gasteiger partial charge in [0, 0.05) is 12.1 Å². The monoisotopic (exact) mass is 375 g/mol. The largest absolute Gasteiger partial charge is 0.854 e. The molecule has 0 spiro atoms. The Morgan fingerprint density at radius 1 is 1.19 bits per heavy atom. The molecule has 0 aliphatic rings. The van der Waals surface area contributed by atoms with Crippen molar-refractivity contribution >= 4 is 23.2 Å². The zero-order valence-electron chi connectivity index (χ0n) is 13.9. The number of nitrogens with zero attached hydrogens (tertiary/aromatic N) is 2. The van der Waals surface area contributed by atoms with E-state index in [0.29, 0.717) is 22.2 Å². The van der Waals surface area contributed by atoms with Gasteiger partial charge in [0.2, 0.25) is 5.69 Å². The molecule has 0 aliphatic heterocycles. The van der Waals surface area contributed by atoms with Gasteiger partial charge in [0.25, 0.3) is 0 Å². The minimum atomic E-state index is -0.839. The Bertz CT molecular complexity index is 1010. The van der Waals surface area contributed by atoms with Crippen molar-refractivity contribution in [2.45, 2.75) is 0 Å². The van der Waals surface area contributed by atoms with Gasteiger partial charge in [0.15, 0.2) is 0 Å². The van der Waals surface area contributed by atoms with Crippen LogP contribution >= 0.6 is 11.6 Å². The quantitative estimate of drug-likeness (QED) is 0.412. The molecule has 0 saturated carbocycles. The van der Waals surface area contributed by atoms with Gasteiger partial charge in [-0.25, -0.2) is 4.79 Å². The molecule has 0 bridgehead atoms. The molecule has 0 unspecified atom stereocenters. The van der Waals surface area contributed by atoms with E-state index in [1.807, 2.05) is 0 Å². The normalized spacial score (nSPS) is 11.4. The van der Waals surface area contributed by atoms with Crippen molar-refractivity contribution in [3.05, 3.63) is 63.6 Å². The first-order valence-electron chi connectivity index (χ1n) is 7.41. The molecule has 0 aliphatic carbocycles. The Hall–Kier alpha value is -3.26. The Labute approximate surface area is 152 Å². The first-order valence-corrected chi connectivity index (χ1v) is 7.79. The number of nitrogens with one attached hydrogen (secondary N) is 1. The van der Waals surface area contributed by atoms with Crippen molar-refractivity contribution in [3.63, 3.8) is 0 Å². The maximum Gasteiger partial charge on any atom is 0.436 e. The molecule has 0 radical (unpaired) electrons. The van der Waals surface area contributed by atoms with Crippen LogP contribution in [-0.4, -0.2) is 25.4 Å². The van der Waals surface area contributed by atoms with E-state index in [4.69, 9.17) is 25.6 Å². The molecule has 1 heterocycles. The summed E-state index contributed by atoms with van der Waals surface area (Å²) in [5.41, 5.74) is -0.332. The second-order valence-corrected chi connectivity index (χ2v) is 5.51. The highest BCUT2D eigenvalue weighted by Crippen LogP contribution is 2.28. The van der Waals surface area contributed by atoms with Crippen LogP contribution in [0.1, 0.15) is 5.69 Å². The van der Waals surface area contributed by atoms with Crippen LogP contribution in [0.4, 0.5) is 5.69 Å². The van der Waals surface area contributed by atoms with Crippen LogP contribution in [0, 0.1) is 0 Å². The summed E-state index contributed by atoms with van der Waals surface area (Å²) in [6.07, 6.45) is 0. The van der Waals surface area contributed by atoms with E-state index in [9.17, 15) is 9.90 Å². The maximum atomic E-state index is 12.5. The molecule has 26 heavy (non-hydrogen) atoms. The molecule has 3 rings (SSSR count). The van der Waals surface area contributed by atoms with Crippen molar-refractivity contribution < 1.29 is 23.8 Å². The Morgan fingerprint density at radius 3 is 2.54 bits per heavy atom. The minimum Gasteiger partial charge on any atom is -0.854 e. The highest BCUT2D eigenvalue weighted by molar-refractivity contribution is 6.32. The van der Waals surface area contributed by atoms with E-state index in [0.717, 1.165) is 0 Å². The number of hydrogen-bond acceptors (Lipinski definition) is 6. The molecule has 8 nitrogen and oxygen atoms in total. The lowest BCUT2D eigenvalue weighted by Crippen LogP contribution is -2.44. The first kappa shape index (κ1) is 17.6. The maximum absolute atomic E-state index is 12.5. The van der Waals surface area contributed by atoms with E-state index in [2.05, 4.69) is 10.3 Å². The van der Waals surface area contributed by atoms with Gasteiger partial charge in [-0.05, 0) is 40.3 Å². The molecule has 9 heteroatoms. The van der Waals surface area contributed by atoms with Crippen molar-refractivity contribution in [1.82, 2.24) is 5.27 Å². The summed E-state index contributed by atoms with van der Waals surface area (Å²) in [4.78, 5) is 15.9. The first-order chi connectivity index (χ1) is 12.5. The molecular formula is C17H14ClN3O5. The molecule has 134 valence electrons. The number of aromatic amines is 1. The van der Waals surface area contributed by atoms with Crippen LogP contribution in [0.15, 0.2) is 56.8 Å². The molecule has 3 aromatic rings. The second kappa shape index (κ2) is 7.32. The minimum absolute atomic E-state index is 0.276. The van der Waals surface area contributed by atoms with Gasteiger partial charge >= 0.3 is 11.3 Å². The van der Waals surface area contributed by atoms with E-state index in [-0.39, 0.29) is 11.4 Å². The molecule has 0 fully saturated rings. The van der Waals surface area contributed by atoms with Crippen LogP contribution < -0.4 is 24.9 Å². The topological polar surface area (TPSA) is 104 Å². The zero-order chi connectivity index (χ0) is 18.7. The van der Waals surface area contributed by atoms with Gasteiger partial charge in [-0.3, -0.25) is 9.52 Å². The number of aliphatic imine (C=N–C) groups is 1. The Kier molecular flexibility index (Phi) is 4.94. The summed E-state index contributed by atoms with van der Waals surface area (Å²) in [7, 11) is 3.02. The van der Waals surface area contributed by atoms with Gasteiger partial charge in [-0.15, -0.1) is 0 Å². The van der Waals surface area contributed by atoms with E-state index in [1.165, 1.54) is 25.0 Å². The van der Waals surface area contributed by atoms with Crippen molar-refractivity contribution in [2.75, 3.05) is 14.2 Å². The summed E-state index contributed by atoms with van der Waals surface area (Å²) >= 11 is 6.03. The number of ether oxygens (including phenoxy) is 2. The lowest BCUT2D eigenvalue weighted by Gasteiger charge is -2.06. The third kappa shape index (κ3) is 3.40. The number of aromatic nitrogens is 2. The van der Waals surface area contributed by atoms with Gasteiger partial charge in [0.05, 0.1) is 30.8 Å². The second-order valence-electron chi connectivity index (χ2n) is 5.10. The van der Waals surface area contributed by atoms with Crippen LogP contribution in [0.2, 0.25) is 5.02 Å². The third-order valence-electron chi connectivity index (χ3n) is 3.55. The fraction of sp³-hybridized carbons (Fsp3) is 0.118. The summed E-state index contributed by atoms with van der Waals surface area (Å²) in [6.45, 7) is 0. The van der Waals surface area contributed by atoms with Crippen molar-refractivity contribution in [1.29, 1.82) is 0 Å². The third-order valence-corrected chi connectivity index (χ3v) is 3.84. The molecule has 0 atom stereocenters. The molecule has 1 N–H and O–H groups in total. The zero-order valence-corrected chi connectivity index (χ0v) is 14.6. The smallest absolute Gasteiger partial charge is 0.436 e. The Morgan fingerprint density at radius 2 is 1.92 bits per heavy atom. The predicted molar refractivity (Wildman–Crippen MR) is 91.6 cm³/mol. The van der Waals surface area contributed by atoms with E-state index >= 15 is 0 Å². The van der Waals surface area contributed by atoms with Crippen LogP contribution in [0.25, 0.3) is 5.69 Å². The number of H-pyrrole nitrogens is 1. The SMILES string of the molecule is COc1ccc(-[n+]2[nH]oc(=O)c2C([O-])=Nc2ccc(OC)c(Cl)c2)cc1. The van der Waals surface area contributed by atoms with Gasteiger partial charge in [-0.2, -0.15) is 0 Å². The van der Waals surface area contributed by atoms with Crippen molar-refractivity contribution in [2.24, 2.45) is 4.99 Å². The van der Waals surface area contributed by atoms with Crippen molar-refractivity contribution in [3.8, 4) is 17.2 Å². The lowest BCUT2D eigenvalue weighted by atomic mass is 10.3. The summed E-state index contributed by atoms with van der Waals surface area (Å²) in [6, 6.07) is 11.3. The number of benzene rings is 2. The lowest BCUT2D eigenvalue weighted by molar-refractivity contribution is -0.673. The number of rotatable bonds is 5. The van der Waals surface area contributed by atoms with E-state index in [1.54, 1.807) is 36.4 Å². The average molecular weight is 376 g/mol. The molecular weight excluding hydrogens is 362 g/mol. The molecule has 2 aromatic carbocycles. The Balaban J connectivity index is 2.02. The van der Waals surface area contributed by atoms with Gasteiger partial charge in [-0.1, -0.05) is 11.6 Å². The molecule has 1 aromatic heterocycles. The fourth-order valence-corrected chi connectivity index (χ4v) is 2.52. The summed E-state index contributed by atoms with van der Waals surface area (Å²) < 4.78 is 16.1. The van der Waals surface area contributed by atoms with Gasteiger partial charge in [0.1, 0.15) is 11.5 Å². The van der Waals surface area contributed by atoms with Gasteiger partial charge < -0.3 is 14.6 Å². The fourth-order valence-electron chi connectivity index (χ4n) is 2.26. The predicted octanol–water partition coefficient (Wildman–Crippen LogP) is 1.35. The number of hydrogen-bond donors (Lipinski definition) is 1. The summed E-state index contributed by atoms with van der Waals surface area (Å²) in [5, 5.41) is 15.2. The highest BCUT2D eigenvalue weighted by Gasteiger charge is 2.24. The number of methoxy groups -OCH3 is 2. The molecule has 0 saturated heterocycles. The van der Waals surface area contributed by atoms with Crippen LogP contribution in [0.3, 0.4) is 0 Å². The number of halogens is 1. The van der Waals surface area contributed by atoms with E-state index < -0.39 is 11.5 Å². The standard InChI is InChI=1S/C17H14ClN3O5/c1-24-12-6-4-11(5-7-12)21-15(17(23)26-20-21)16(22)19-10-3-8-14(25-2)13(18)9-10/h3-9H,1-2H3,(H-,19,20,22,23). The highest BCUT2D eigenvalue weighted by atomic mass is 35.5. The average Bonchev–Trinajstić information content (AvgIpc) is 3.03. The van der Waals surface area contributed by atoms with Crippen LogP contribution in [-0.2, 0) is 0 Å². The molecule has 0 amide bonds. The van der Waals surface area contributed by atoms with Crippen LogP contribution in [0.5, 0.6) is 11.5 Å².